The summed E-state index contributed by atoms with van der Waals surface area (Å²) in [5, 5.41) is 3.04. The molecule has 1 aromatic carbocycles. The molecule has 5 nitrogen and oxygen atoms in total. The van der Waals surface area contributed by atoms with E-state index in [0.29, 0.717) is 23.6 Å². The molecular weight excluding hydrogens is 340 g/mol. The van der Waals surface area contributed by atoms with Gasteiger partial charge in [-0.25, -0.2) is 0 Å². The summed E-state index contributed by atoms with van der Waals surface area (Å²) < 4.78 is 11.4. The van der Waals surface area contributed by atoms with Crippen molar-refractivity contribution < 1.29 is 14.3 Å². The fraction of sp³-hybridized carbons (Fsp3) is 0.632. The number of amides is 1. The molecule has 0 spiro atoms. The van der Waals surface area contributed by atoms with Gasteiger partial charge in [0.1, 0.15) is 0 Å². The third-order valence-electron chi connectivity index (χ3n) is 5.12. The number of hydrogen-bond acceptors (Lipinski definition) is 4. The number of ether oxygens (including phenoxy) is 2. The van der Waals surface area contributed by atoms with Crippen molar-refractivity contribution in [3.63, 3.8) is 0 Å². The first-order valence-corrected chi connectivity index (χ1v) is 8.77. The molecule has 25 heavy (non-hydrogen) atoms. The van der Waals surface area contributed by atoms with Gasteiger partial charge in [0.2, 0.25) is 0 Å². The summed E-state index contributed by atoms with van der Waals surface area (Å²) in [5.74, 6) is 1.38. The molecule has 6 heteroatoms. The highest BCUT2D eigenvalue weighted by Crippen LogP contribution is 2.32. The van der Waals surface area contributed by atoms with Gasteiger partial charge in [-0.2, -0.15) is 0 Å². The topological polar surface area (TPSA) is 73.6 Å². The average molecular weight is 371 g/mol. The van der Waals surface area contributed by atoms with Crippen LogP contribution in [0.3, 0.4) is 0 Å². The number of methoxy groups -OCH3 is 1. The molecule has 1 amide bonds. The second-order valence-corrected chi connectivity index (χ2v) is 7.12. The largest absolute Gasteiger partial charge is 0.493 e. The Morgan fingerprint density at radius 3 is 2.48 bits per heavy atom. The Balaban J connectivity index is 0.00000312. The van der Waals surface area contributed by atoms with Crippen LogP contribution in [-0.2, 0) is 0 Å². The smallest absolute Gasteiger partial charge is 0.251 e. The summed E-state index contributed by atoms with van der Waals surface area (Å²) in [6.07, 6.45) is 4.82. The van der Waals surface area contributed by atoms with Gasteiger partial charge >= 0.3 is 0 Å². The van der Waals surface area contributed by atoms with Gasteiger partial charge in [-0.3, -0.25) is 4.79 Å². The molecule has 0 saturated heterocycles. The zero-order valence-electron chi connectivity index (χ0n) is 15.6. The fourth-order valence-corrected chi connectivity index (χ4v) is 2.85. The summed E-state index contributed by atoms with van der Waals surface area (Å²) in [7, 11) is 1.59. The molecule has 3 N–H and O–H groups in total. The summed E-state index contributed by atoms with van der Waals surface area (Å²) in [6.45, 7) is 6.44. The molecule has 1 unspecified atom stereocenters. The van der Waals surface area contributed by atoms with E-state index in [1.165, 1.54) is 12.8 Å². The van der Waals surface area contributed by atoms with Gasteiger partial charge in [-0.1, -0.05) is 13.8 Å². The molecule has 2 rings (SSSR count). The predicted octanol–water partition coefficient (Wildman–Crippen LogP) is 3.54. The van der Waals surface area contributed by atoms with E-state index in [1.807, 2.05) is 26.8 Å². The monoisotopic (exact) mass is 370 g/mol. The van der Waals surface area contributed by atoms with E-state index in [2.05, 4.69) is 5.32 Å². The van der Waals surface area contributed by atoms with Crippen LogP contribution < -0.4 is 20.5 Å². The van der Waals surface area contributed by atoms with Crippen molar-refractivity contribution in [2.45, 2.75) is 58.1 Å². The van der Waals surface area contributed by atoms with Crippen LogP contribution in [0.4, 0.5) is 0 Å². The minimum Gasteiger partial charge on any atom is -0.493 e. The van der Waals surface area contributed by atoms with Crippen molar-refractivity contribution in [1.82, 2.24) is 5.32 Å². The number of carbonyl (C=O) groups excluding carboxylic acids is 1. The van der Waals surface area contributed by atoms with Crippen LogP contribution in [0.15, 0.2) is 18.2 Å². The molecule has 1 aliphatic rings. The van der Waals surface area contributed by atoms with Crippen LogP contribution in [0.1, 0.15) is 56.8 Å². The number of benzene rings is 1. The normalized spacial score (nSPS) is 16.9. The Bertz CT molecular complexity index is 574. The SMILES string of the molecule is COc1cc(C(=O)NC(C)(CN)C(C)C)ccc1OC1CCCC1.Cl. The zero-order valence-corrected chi connectivity index (χ0v) is 16.4. The van der Waals surface area contributed by atoms with E-state index in [9.17, 15) is 4.79 Å². The number of hydrogen-bond donors (Lipinski definition) is 2. The summed E-state index contributed by atoms with van der Waals surface area (Å²) in [5.41, 5.74) is 5.95. The summed E-state index contributed by atoms with van der Waals surface area (Å²) in [4.78, 5) is 12.6. The first-order valence-electron chi connectivity index (χ1n) is 8.77. The lowest BCUT2D eigenvalue weighted by Crippen LogP contribution is -2.55. The first kappa shape index (κ1) is 21.6. The zero-order chi connectivity index (χ0) is 17.7. The number of nitrogens with two attached hydrogens (primary N) is 1. The maximum atomic E-state index is 12.6. The second-order valence-electron chi connectivity index (χ2n) is 7.12. The molecule has 1 fully saturated rings. The highest BCUT2D eigenvalue weighted by molar-refractivity contribution is 5.95. The van der Waals surface area contributed by atoms with E-state index < -0.39 is 5.54 Å². The third-order valence-corrected chi connectivity index (χ3v) is 5.12. The highest BCUT2D eigenvalue weighted by atomic mass is 35.5. The maximum absolute atomic E-state index is 12.6. The van der Waals surface area contributed by atoms with Crippen molar-refractivity contribution >= 4 is 18.3 Å². The number of carbonyl (C=O) groups is 1. The van der Waals surface area contributed by atoms with Gasteiger partial charge in [0, 0.05) is 12.1 Å². The van der Waals surface area contributed by atoms with Crippen molar-refractivity contribution in [2.75, 3.05) is 13.7 Å². The van der Waals surface area contributed by atoms with E-state index in [0.717, 1.165) is 12.8 Å². The molecule has 0 aromatic heterocycles. The van der Waals surface area contributed by atoms with Crippen LogP contribution in [0, 0.1) is 5.92 Å². The molecule has 1 atom stereocenters. The maximum Gasteiger partial charge on any atom is 0.251 e. The number of nitrogens with one attached hydrogen (secondary N) is 1. The van der Waals surface area contributed by atoms with Crippen molar-refractivity contribution in [2.24, 2.45) is 11.7 Å². The molecule has 142 valence electrons. The summed E-state index contributed by atoms with van der Waals surface area (Å²) >= 11 is 0. The number of halogens is 1. The Hall–Kier alpha value is -1.46. The van der Waals surface area contributed by atoms with Crippen LogP contribution in [0.25, 0.3) is 0 Å². The van der Waals surface area contributed by atoms with Gasteiger partial charge in [0.25, 0.3) is 5.91 Å². The molecule has 1 aliphatic carbocycles. The Morgan fingerprint density at radius 1 is 1.32 bits per heavy atom. The first-order chi connectivity index (χ1) is 11.4. The Morgan fingerprint density at radius 2 is 1.96 bits per heavy atom. The van der Waals surface area contributed by atoms with E-state index in [-0.39, 0.29) is 30.3 Å². The second kappa shape index (κ2) is 9.30. The van der Waals surface area contributed by atoms with Crippen LogP contribution in [-0.4, -0.2) is 31.2 Å². The third kappa shape index (κ3) is 5.25. The standard InChI is InChI=1S/C19H30N2O3.ClH/c1-13(2)19(3,12-20)21-18(22)14-9-10-16(17(11-14)23-4)24-15-7-5-6-8-15;/h9-11,13,15H,5-8,12,20H2,1-4H3,(H,21,22);1H. The molecule has 1 saturated carbocycles. The lowest BCUT2D eigenvalue weighted by Gasteiger charge is -2.33. The predicted molar refractivity (Wildman–Crippen MR) is 103 cm³/mol. The minimum absolute atomic E-state index is 0. The fourth-order valence-electron chi connectivity index (χ4n) is 2.85. The Kier molecular flexibility index (Phi) is 8.03. The van der Waals surface area contributed by atoms with E-state index in [4.69, 9.17) is 15.2 Å². The highest BCUT2D eigenvalue weighted by Gasteiger charge is 2.29. The minimum atomic E-state index is -0.441. The van der Waals surface area contributed by atoms with Crippen molar-refractivity contribution in [1.29, 1.82) is 0 Å². The molecule has 0 heterocycles. The van der Waals surface area contributed by atoms with Gasteiger partial charge in [0.15, 0.2) is 11.5 Å². The van der Waals surface area contributed by atoms with Gasteiger partial charge < -0.3 is 20.5 Å². The quantitative estimate of drug-likeness (QED) is 0.769. The van der Waals surface area contributed by atoms with Crippen molar-refractivity contribution in [3.8, 4) is 11.5 Å². The average Bonchev–Trinajstić information content (AvgIpc) is 3.07. The van der Waals surface area contributed by atoms with Gasteiger partial charge in [-0.15, -0.1) is 12.4 Å². The molecule has 0 bridgehead atoms. The van der Waals surface area contributed by atoms with Gasteiger partial charge in [-0.05, 0) is 56.7 Å². The van der Waals surface area contributed by atoms with Crippen LogP contribution >= 0.6 is 12.4 Å². The molecule has 0 radical (unpaired) electrons. The lowest BCUT2D eigenvalue weighted by molar-refractivity contribution is 0.0882. The molecule has 1 aromatic rings. The molecular formula is C19H31ClN2O3. The van der Waals surface area contributed by atoms with Crippen molar-refractivity contribution in [3.05, 3.63) is 23.8 Å². The molecule has 0 aliphatic heterocycles. The lowest BCUT2D eigenvalue weighted by atomic mass is 9.88. The van der Waals surface area contributed by atoms with Crippen LogP contribution in [0.2, 0.25) is 0 Å². The van der Waals surface area contributed by atoms with Gasteiger partial charge in [0.05, 0.1) is 18.8 Å². The van der Waals surface area contributed by atoms with Crippen LogP contribution in [0.5, 0.6) is 11.5 Å². The van der Waals surface area contributed by atoms with E-state index >= 15 is 0 Å². The Labute approximate surface area is 157 Å². The summed E-state index contributed by atoms with van der Waals surface area (Å²) in [6, 6.07) is 5.33. The van der Waals surface area contributed by atoms with E-state index in [1.54, 1.807) is 19.2 Å². The number of rotatable bonds is 7.